The summed E-state index contributed by atoms with van der Waals surface area (Å²) in [6.07, 6.45) is 0. The Bertz CT molecular complexity index is 669. The normalized spacial score (nSPS) is 11.2. The lowest BCUT2D eigenvalue weighted by molar-refractivity contribution is 1.28. The van der Waals surface area contributed by atoms with Crippen LogP contribution in [0.2, 0.25) is 0 Å². The summed E-state index contributed by atoms with van der Waals surface area (Å²) in [4.78, 5) is 0. The highest BCUT2D eigenvalue weighted by Gasteiger charge is 2.24. The van der Waals surface area contributed by atoms with Crippen LogP contribution in [0.1, 0.15) is 11.1 Å². The van der Waals surface area contributed by atoms with Crippen molar-refractivity contribution < 1.29 is 0 Å². The first-order chi connectivity index (χ1) is 10.1. The monoisotopic (exact) mass is 805 g/mol. The summed E-state index contributed by atoms with van der Waals surface area (Å²) in [6.45, 7) is 4.22. The average Bonchev–Trinajstić information content (AvgIpc) is 2.50. The molecule has 0 saturated heterocycles. The molecule has 0 aromatic heterocycles. The Labute approximate surface area is 196 Å². The lowest BCUT2D eigenvalue weighted by Gasteiger charge is -2.20. The van der Waals surface area contributed by atoms with Gasteiger partial charge in [0.15, 0.2) is 0 Å². The second-order valence-corrected chi connectivity index (χ2v) is 10.9. The number of hydrogen-bond acceptors (Lipinski definition) is 0. The molecule has 0 unspecified atom stereocenters. The minimum atomic E-state index is 0.955. The van der Waals surface area contributed by atoms with E-state index in [4.69, 9.17) is 0 Å². The minimum absolute atomic E-state index is 0.955. The molecular weight excluding hydrogens is 807 g/mol. The number of halogens is 8. The van der Waals surface area contributed by atoms with Gasteiger partial charge in [-0.1, -0.05) is 0 Å². The van der Waals surface area contributed by atoms with Gasteiger partial charge in [-0.2, -0.15) is 0 Å². The maximum atomic E-state index is 3.73. The molecule has 0 spiro atoms. The first-order valence-corrected chi connectivity index (χ1v) is 12.1. The molecule has 2 rings (SSSR count). The van der Waals surface area contributed by atoms with Crippen molar-refractivity contribution in [2.75, 3.05) is 0 Å². The Hall–Kier alpha value is 2.28. The predicted octanol–water partition coefficient (Wildman–Crippen LogP) is 10.1. The molecule has 0 aliphatic carbocycles. The first kappa shape index (κ1) is 20.6. The lowest BCUT2D eigenvalue weighted by atomic mass is 9.97. The zero-order valence-corrected chi connectivity index (χ0v) is 23.7. The Morgan fingerprint density at radius 3 is 1.14 bits per heavy atom. The van der Waals surface area contributed by atoms with Crippen LogP contribution in [0.4, 0.5) is 0 Å². The van der Waals surface area contributed by atoms with Crippen molar-refractivity contribution >= 4 is 127 Å². The third kappa shape index (κ3) is 3.42. The third-order valence-corrected chi connectivity index (χ3v) is 13.1. The molecule has 0 bridgehead atoms. The summed E-state index contributed by atoms with van der Waals surface area (Å²) in [5.74, 6) is 0. The number of rotatable bonds is 1. The zero-order valence-electron chi connectivity index (χ0n) is 11.0. The molecule has 0 heterocycles. The Kier molecular flexibility index (Phi) is 7.38. The molecule has 22 heavy (non-hydrogen) atoms. The zero-order chi connectivity index (χ0) is 16.9. The van der Waals surface area contributed by atoms with E-state index < -0.39 is 0 Å². The number of benzene rings is 2. The summed E-state index contributed by atoms with van der Waals surface area (Å²) in [5.41, 5.74) is 4.59. The highest BCUT2D eigenvalue weighted by Crippen LogP contribution is 2.53. The molecule has 2 aromatic rings. The topological polar surface area (TPSA) is 0 Å². The van der Waals surface area contributed by atoms with E-state index in [-0.39, 0.29) is 0 Å². The van der Waals surface area contributed by atoms with Gasteiger partial charge in [-0.05, 0) is 152 Å². The van der Waals surface area contributed by atoms with Gasteiger partial charge in [0.25, 0.3) is 0 Å². The molecule has 118 valence electrons. The molecule has 0 radical (unpaired) electrons. The van der Waals surface area contributed by atoms with Crippen LogP contribution in [-0.4, -0.2) is 0 Å². The fourth-order valence-electron chi connectivity index (χ4n) is 2.01. The van der Waals surface area contributed by atoms with Crippen molar-refractivity contribution in [3.05, 3.63) is 46.9 Å². The molecule has 0 fully saturated rings. The van der Waals surface area contributed by atoms with E-state index in [2.05, 4.69) is 141 Å². The maximum Gasteiger partial charge on any atom is 0.0482 e. The molecule has 8 heteroatoms. The maximum absolute atomic E-state index is 3.73. The van der Waals surface area contributed by atoms with E-state index in [1.807, 2.05) is 0 Å². The third-order valence-electron chi connectivity index (χ3n) is 3.33. The molecule has 0 atom stereocenters. The van der Waals surface area contributed by atoms with Crippen molar-refractivity contribution in [3.63, 3.8) is 0 Å². The van der Waals surface area contributed by atoms with Crippen LogP contribution < -0.4 is 0 Å². The van der Waals surface area contributed by atoms with Gasteiger partial charge < -0.3 is 0 Å². The van der Waals surface area contributed by atoms with Gasteiger partial charge in [0, 0.05) is 46.9 Å². The van der Waals surface area contributed by atoms with Crippen LogP contribution in [0.15, 0.2) is 35.8 Å². The van der Waals surface area contributed by atoms with Crippen LogP contribution in [-0.2, 0) is 0 Å². The second kappa shape index (κ2) is 7.89. The molecule has 0 nitrogen and oxygen atoms in total. The highest BCUT2D eigenvalue weighted by molar-refractivity contribution is 9.16. The van der Waals surface area contributed by atoms with Gasteiger partial charge in [-0.25, -0.2) is 0 Å². The highest BCUT2D eigenvalue weighted by atomic mass is 79.9. The Morgan fingerprint density at radius 2 is 0.682 bits per heavy atom. The van der Waals surface area contributed by atoms with Gasteiger partial charge in [-0.15, -0.1) is 0 Å². The molecule has 0 saturated carbocycles. The van der Waals surface area contributed by atoms with E-state index in [0.717, 1.165) is 46.9 Å². The van der Waals surface area contributed by atoms with Crippen LogP contribution in [0.3, 0.4) is 0 Å². The van der Waals surface area contributed by atoms with E-state index in [0.29, 0.717) is 0 Å². The molecule has 0 aliphatic heterocycles. The minimum Gasteiger partial charge on any atom is -0.0493 e. The van der Waals surface area contributed by atoms with Gasteiger partial charge in [0.1, 0.15) is 0 Å². The van der Waals surface area contributed by atoms with Crippen LogP contribution in [0.25, 0.3) is 11.1 Å². The SMILES string of the molecule is Cc1c(C)c(-c2c(Br)c(Br)c(Br)c(Br)c2Br)c(Br)c(Br)c1Br. The summed E-state index contributed by atoms with van der Waals surface area (Å²) in [7, 11) is 0. The van der Waals surface area contributed by atoms with E-state index >= 15 is 0 Å². The van der Waals surface area contributed by atoms with Crippen molar-refractivity contribution in [1.29, 1.82) is 0 Å². The standard InChI is InChI=1S/C14H6Br8/c1-3-4(2)7(15)11(19)8(16)5(3)6-9(17)12(20)14(22)13(21)10(6)18/h1-2H3. The lowest BCUT2D eigenvalue weighted by Crippen LogP contribution is -1.96. The summed E-state index contributed by atoms with van der Waals surface area (Å²) in [5, 5.41) is 0. The molecular formula is C14H6Br8. The van der Waals surface area contributed by atoms with E-state index in [1.54, 1.807) is 0 Å². The van der Waals surface area contributed by atoms with Crippen LogP contribution in [0.5, 0.6) is 0 Å². The summed E-state index contributed by atoms with van der Waals surface area (Å²) >= 11 is 29.3. The molecule has 2 aromatic carbocycles. The Balaban J connectivity index is 3.03. The quantitative estimate of drug-likeness (QED) is 0.199. The smallest absolute Gasteiger partial charge is 0.0482 e. The molecule has 0 N–H and O–H groups in total. The predicted molar refractivity (Wildman–Crippen MR) is 123 cm³/mol. The van der Waals surface area contributed by atoms with Crippen LogP contribution in [0, 0.1) is 13.8 Å². The van der Waals surface area contributed by atoms with Crippen molar-refractivity contribution in [3.8, 4) is 11.1 Å². The van der Waals surface area contributed by atoms with Crippen molar-refractivity contribution in [2.45, 2.75) is 13.8 Å². The molecule has 0 amide bonds. The van der Waals surface area contributed by atoms with Crippen LogP contribution >= 0.6 is 127 Å². The van der Waals surface area contributed by atoms with Gasteiger partial charge in [-0.3, -0.25) is 0 Å². The summed E-state index contributed by atoms with van der Waals surface area (Å²) in [6, 6.07) is 0. The van der Waals surface area contributed by atoms with E-state index in [1.165, 1.54) is 11.1 Å². The molecule has 0 aliphatic rings. The average molecular weight is 813 g/mol. The van der Waals surface area contributed by atoms with Crippen molar-refractivity contribution in [2.24, 2.45) is 0 Å². The van der Waals surface area contributed by atoms with Gasteiger partial charge >= 0.3 is 0 Å². The van der Waals surface area contributed by atoms with Gasteiger partial charge in [0.05, 0.1) is 0 Å². The van der Waals surface area contributed by atoms with E-state index in [9.17, 15) is 0 Å². The Morgan fingerprint density at radius 1 is 0.364 bits per heavy atom. The fourth-order valence-corrected chi connectivity index (χ4v) is 7.40. The van der Waals surface area contributed by atoms with Crippen molar-refractivity contribution in [1.82, 2.24) is 0 Å². The first-order valence-electron chi connectivity index (χ1n) is 5.76. The summed E-state index contributed by atoms with van der Waals surface area (Å²) < 4.78 is 7.89. The second-order valence-electron chi connectivity index (χ2n) is 4.51. The largest absolute Gasteiger partial charge is 0.0493 e. The fraction of sp³-hybridized carbons (Fsp3) is 0.143. The van der Waals surface area contributed by atoms with Gasteiger partial charge in [0.2, 0.25) is 0 Å². The number of hydrogen-bond donors (Lipinski definition) is 0.